The van der Waals surface area contributed by atoms with Gasteiger partial charge in [-0.15, -0.1) is 0 Å². The van der Waals surface area contributed by atoms with Crippen LogP contribution < -0.4 is 21.1 Å². The lowest BCUT2D eigenvalue weighted by Gasteiger charge is -2.34. The highest BCUT2D eigenvalue weighted by Gasteiger charge is 2.52. The van der Waals surface area contributed by atoms with Gasteiger partial charge in [-0.2, -0.15) is 0 Å². The monoisotopic (exact) mass is 418 g/mol. The summed E-state index contributed by atoms with van der Waals surface area (Å²) in [4.78, 5) is 39.6. The molecule has 0 saturated carbocycles. The van der Waals surface area contributed by atoms with Crippen LogP contribution in [0.5, 0.6) is 5.75 Å². The number of piperazine rings is 1. The van der Waals surface area contributed by atoms with Crippen LogP contribution in [0.2, 0.25) is 0 Å². The maximum Gasteiger partial charge on any atom is 0.243 e. The van der Waals surface area contributed by atoms with Gasteiger partial charge in [-0.3, -0.25) is 14.4 Å². The fraction of sp³-hybridized carbons (Fsp3) is 0.571. The molecule has 2 aliphatic heterocycles. The highest BCUT2D eigenvalue weighted by atomic mass is 16.5. The Balaban J connectivity index is 1.82. The molecule has 9 heteroatoms. The molecule has 0 aliphatic carbocycles. The maximum absolute atomic E-state index is 13.0. The van der Waals surface area contributed by atoms with E-state index < -0.39 is 18.0 Å². The normalized spacial score (nSPS) is 23.1. The van der Waals surface area contributed by atoms with E-state index in [0.29, 0.717) is 18.8 Å². The Morgan fingerprint density at radius 2 is 2.13 bits per heavy atom. The van der Waals surface area contributed by atoms with Crippen molar-refractivity contribution in [1.29, 1.82) is 0 Å². The number of carbonyl (C=O) groups excluding carboxylic acids is 3. The number of aliphatic hydroxyl groups excluding tert-OH is 1. The van der Waals surface area contributed by atoms with Crippen molar-refractivity contribution in [3.63, 3.8) is 0 Å². The van der Waals surface area contributed by atoms with Crippen LogP contribution >= 0.6 is 0 Å². The number of nitrogens with zero attached hydrogens (tertiary/aromatic N) is 1. The van der Waals surface area contributed by atoms with E-state index in [1.54, 1.807) is 23.1 Å². The fourth-order valence-corrected chi connectivity index (χ4v) is 4.19. The lowest BCUT2D eigenvalue weighted by Crippen LogP contribution is -2.56. The Hall–Kier alpha value is -2.65. The molecule has 0 bridgehead atoms. The molecule has 1 aromatic rings. The minimum atomic E-state index is -0.661. The standard InChI is InChI=1S/C21H30N4O5/c22-7-2-1-3-8-23-20(28)16-12-17-21(29)24-13-18(27)25(17)19(16)14-5-4-6-15(11-14)30-10-9-26/h4-6,11,16-17,19,26H,1-3,7-10,12-13,22H2,(H,23,28)(H,24,29)/t16-,17-,19-/m1/s1. The first kappa shape index (κ1) is 22.0. The van der Waals surface area contributed by atoms with Crippen LogP contribution in [-0.2, 0) is 14.4 Å². The number of benzene rings is 1. The zero-order valence-corrected chi connectivity index (χ0v) is 17.0. The Morgan fingerprint density at radius 3 is 2.90 bits per heavy atom. The molecule has 2 fully saturated rings. The molecule has 2 saturated heterocycles. The number of fused-ring (bicyclic) bond motifs is 1. The van der Waals surface area contributed by atoms with Gasteiger partial charge in [0.25, 0.3) is 0 Å². The van der Waals surface area contributed by atoms with Crippen LogP contribution in [0.25, 0.3) is 0 Å². The molecule has 0 aromatic heterocycles. The Kier molecular flexibility index (Phi) is 7.64. The molecule has 3 atom stereocenters. The maximum atomic E-state index is 13.0. The Labute approximate surface area is 175 Å². The molecule has 0 radical (unpaired) electrons. The van der Waals surface area contributed by atoms with Crippen LogP contribution in [0.4, 0.5) is 0 Å². The average Bonchev–Trinajstić information content (AvgIpc) is 3.17. The number of ether oxygens (including phenoxy) is 1. The van der Waals surface area contributed by atoms with E-state index in [1.165, 1.54) is 0 Å². The van der Waals surface area contributed by atoms with Gasteiger partial charge in [-0.05, 0) is 43.5 Å². The summed E-state index contributed by atoms with van der Waals surface area (Å²) in [5, 5.41) is 14.6. The molecule has 0 spiro atoms. The molecule has 3 rings (SSSR count). The average molecular weight is 418 g/mol. The number of unbranched alkanes of at least 4 members (excludes halogenated alkanes) is 2. The number of hydrogen-bond donors (Lipinski definition) is 4. The van der Waals surface area contributed by atoms with Crippen LogP contribution in [0.15, 0.2) is 24.3 Å². The molecular formula is C21H30N4O5. The van der Waals surface area contributed by atoms with Gasteiger partial charge in [0.15, 0.2) is 0 Å². The summed E-state index contributed by atoms with van der Waals surface area (Å²) in [6.45, 7) is 1.12. The molecule has 5 N–H and O–H groups in total. The molecule has 9 nitrogen and oxygen atoms in total. The van der Waals surface area contributed by atoms with Crippen molar-refractivity contribution in [1.82, 2.24) is 15.5 Å². The number of amides is 3. The molecule has 3 amide bonds. The van der Waals surface area contributed by atoms with Gasteiger partial charge in [-0.1, -0.05) is 18.6 Å². The van der Waals surface area contributed by atoms with E-state index in [4.69, 9.17) is 15.6 Å². The summed E-state index contributed by atoms with van der Waals surface area (Å²) in [5.41, 5.74) is 6.24. The van der Waals surface area contributed by atoms with Gasteiger partial charge in [0.2, 0.25) is 17.7 Å². The summed E-state index contributed by atoms with van der Waals surface area (Å²) >= 11 is 0. The lowest BCUT2D eigenvalue weighted by molar-refractivity contribution is -0.145. The lowest BCUT2D eigenvalue weighted by atomic mass is 9.92. The number of nitrogens with two attached hydrogens (primary N) is 1. The molecule has 2 aliphatic rings. The molecule has 1 aromatic carbocycles. The number of nitrogens with one attached hydrogen (secondary N) is 2. The second-order valence-corrected chi connectivity index (χ2v) is 7.61. The Bertz CT molecular complexity index is 772. The van der Waals surface area contributed by atoms with Crippen molar-refractivity contribution in [3.05, 3.63) is 29.8 Å². The van der Waals surface area contributed by atoms with Crippen molar-refractivity contribution in [3.8, 4) is 5.75 Å². The first-order chi connectivity index (χ1) is 14.6. The number of rotatable bonds is 10. The van der Waals surface area contributed by atoms with E-state index in [2.05, 4.69) is 10.6 Å². The van der Waals surface area contributed by atoms with Crippen LogP contribution in [0.3, 0.4) is 0 Å². The molecule has 30 heavy (non-hydrogen) atoms. The van der Waals surface area contributed by atoms with E-state index in [9.17, 15) is 14.4 Å². The summed E-state index contributed by atoms with van der Waals surface area (Å²) in [6, 6.07) is 5.93. The third-order valence-corrected chi connectivity index (χ3v) is 5.57. The topological polar surface area (TPSA) is 134 Å². The van der Waals surface area contributed by atoms with Gasteiger partial charge in [0, 0.05) is 6.54 Å². The Morgan fingerprint density at radius 1 is 1.30 bits per heavy atom. The smallest absolute Gasteiger partial charge is 0.243 e. The zero-order valence-electron chi connectivity index (χ0n) is 17.0. The predicted octanol–water partition coefficient (Wildman–Crippen LogP) is -0.309. The second-order valence-electron chi connectivity index (χ2n) is 7.61. The van der Waals surface area contributed by atoms with Crippen molar-refractivity contribution >= 4 is 17.7 Å². The van der Waals surface area contributed by atoms with Crippen LogP contribution in [0, 0.1) is 5.92 Å². The van der Waals surface area contributed by atoms with Crippen molar-refractivity contribution < 1.29 is 24.2 Å². The zero-order chi connectivity index (χ0) is 21.5. The SMILES string of the molecule is NCCCCCNC(=O)[C@@H]1C[C@@H]2C(=O)NCC(=O)N2[C@@H]1c1cccc(OCCO)c1. The number of aliphatic hydroxyl groups is 1. The van der Waals surface area contributed by atoms with E-state index >= 15 is 0 Å². The van der Waals surface area contributed by atoms with E-state index in [0.717, 1.165) is 24.8 Å². The molecule has 0 unspecified atom stereocenters. The summed E-state index contributed by atoms with van der Waals surface area (Å²) in [7, 11) is 0. The van der Waals surface area contributed by atoms with Gasteiger partial charge < -0.3 is 31.1 Å². The van der Waals surface area contributed by atoms with Gasteiger partial charge in [0.1, 0.15) is 18.4 Å². The summed E-state index contributed by atoms with van der Waals surface area (Å²) in [5.74, 6) is -0.593. The first-order valence-electron chi connectivity index (χ1n) is 10.5. The van der Waals surface area contributed by atoms with Gasteiger partial charge >= 0.3 is 0 Å². The quantitative estimate of drug-likeness (QED) is 0.385. The van der Waals surface area contributed by atoms with E-state index in [1.807, 2.05) is 6.07 Å². The van der Waals surface area contributed by atoms with E-state index in [-0.39, 0.29) is 43.9 Å². The fourth-order valence-electron chi connectivity index (χ4n) is 4.19. The predicted molar refractivity (Wildman–Crippen MR) is 109 cm³/mol. The summed E-state index contributed by atoms with van der Waals surface area (Å²) in [6.07, 6.45) is 2.95. The van der Waals surface area contributed by atoms with Crippen LogP contribution in [0.1, 0.15) is 37.3 Å². The molecule has 2 heterocycles. The molecular weight excluding hydrogens is 388 g/mol. The number of hydrogen-bond acceptors (Lipinski definition) is 6. The minimum Gasteiger partial charge on any atom is -0.491 e. The van der Waals surface area contributed by atoms with Crippen LogP contribution in [-0.4, -0.2) is 66.6 Å². The van der Waals surface area contributed by atoms with Crippen molar-refractivity contribution in [2.75, 3.05) is 32.8 Å². The largest absolute Gasteiger partial charge is 0.491 e. The van der Waals surface area contributed by atoms with Gasteiger partial charge in [-0.25, -0.2) is 0 Å². The molecule has 164 valence electrons. The summed E-state index contributed by atoms with van der Waals surface area (Å²) < 4.78 is 5.49. The minimum absolute atomic E-state index is 0.0695. The van der Waals surface area contributed by atoms with Crippen molar-refractivity contribution in [2.45, 2.75) is 37.8 Å². The number of carbonyl (C=O) groups is 3. The van der Waals surface area contributed by atoms with Gasteiger partial charge in [0.05, 0.1) is 25.1 Å². The highest BCUT2D eigenvalue weighted by molar-refractivity contribution is 5.97. The third kappa shape index (κ3) is 4.91. The van der Waals surface area contributed by atoms with Crippen molar-refractivity contribution in [2.24, 2.45) is 11.7 Å². The third-order valence-electron chi connectivity index (χ3n) is 5.57. The first-order valence-corrected chi connectivity index (χ1v) is 10.5. The second kappa shape index (κ2) is 10.4. The highest BCUT2D eigenvalue weighted by Crippen LogP contribution is 2.43.